The molecule has 3 N–H and O–H groups in total. The summed E-state index contributed by atoms with van der Waals surface area (Å²) in [5.41, 5.74) is 1.07. The lowest BCUT2D eigenvalue weighted by Gasteiger charge is -2.41. The van der Waals surface area contributed by atoms with Crippen LogP contribution in [0.2, 0.25) is 0 Å². The number of hydrogen-bond acceptors (Lipinski definition) is 4. The Labute approximate surface area is 155 Å². The highest BCUT2D eigenvalue weighted by atomic mass is 127. The van der Waals surface area contributed by atoms with Crippen molar-refractivity contribution in [3.63, 3.8) is 0 Å². The van der Waals surface area contributed by atoms with Gasteiger partial charge >= 0.3 is 0 Å². The Balaban J connectivity index is 0.00000264. The standard InChI is InChI=1S/C15H28N6O.HI/c1-4-16-14(17-11-13-5-6-19-20-13)18-12-15(2,3)21-7-9-22-10-8-21;/h5-6H,4,7-12H2,1-3H3,(H,19,20)(H2,16,17,18);1H. The Morgan fingerprint density at radius 1 is 1.39 bits per heavy atom. The van der Waals surface area contributed by atoms with E-state index in [9.17, 15) is 0 Å². The SMILES string of the molecule is CCNC(=NCc1ccn[nH]1)NCC(C)(C)N1CCOCC1.I. The second kappa shape index (κ2) is 10.1. The molecule has 1 saturated heterocycles. The molecule has 2 heterocycles. The number of nitrogens with one attached hydrogen (secondary N) is 3. The first-order chi connectivity index (χ1) is 10.6. The third-order valence-electron chi connectivity index (χ3n) is 3.87. The Morgan fingerprint density at radius 2 is 2.13 bits per heavy atom. The van der Waals surface area contributed by atoms with E-state index in [1.807, 2.05) is 6.07 Å². The van der Waals surface area contributed by atoms with Crippen molar-refractivity contribution in [3.05, 3.63) is 18.0 Å². The zero-order valence-electron chi connectivity index (χ0n) is 14.3. The van der Waals surface area contributed by atoms with Crippen molar-refractivity contribution in [1.82, 2.24) is 25.7 Å². The van der Waals surface area contributed by atoms with Crippen LogP contribution in [0.3, 0.4) is 0 Å². The van der Waals surface area contributed by atoms with Gasteiger partial charge in [-0.05, 0) is 26.8 Å². The first-order valence-corrected chi connectivity index (χ1v) is 7.95. The normalized spacial score (nSPS) is 16.7. The zero-order valence-corrected chi connectivity index (χ0v) is 16.6. The highest BCUT2D eigenvalue weighted by Gasteiger charge is 2.28. The van der Waals surface area contributed by atoms with Crippen molar-refractivity contribution in [1.29, 1.82) is 0 Å². The molecule has 0 amide bonds. The van der Waals surface area contributed by atoms with Gasteiger partial charge in [-0.1, -0.05) is 0 Å². The number of rotatable bonds is 6. The fourth-order valence-corrected chi connectivity index (χ4v) is 2.46. The number of ether oxygens (including phenoxy) is 1. The van der Waals surface area contributed by atoms with Crippen molar-refractivity contribution in [2.24, 2.45) is 4.99 Å². The molecule has 8 heteroatoms. The Kier molecular flexibility index (Phi) is 8.85. The van der Waals surface area contributed by atoms with E-state index in [0.29, 0.717) is 6.54 Å². The average Bonchev–Trinajstić information content (AvgIpc) is 3.04. The number of nitrogens with zero attached hydrogens (tertiary/aromatic N) is 3. The van der Waals surface area contributed by atoms with Crippen molar-refractivity contribution >= 4 is 29.9 Å². The van der Waals surface area contributed by atoms with Crippen molar-refractivity contribution < 1.29 is 4.74 Å². The molecule has 1 aromatic rings. The van der Waals surface area contributed by atoms with E-state index < -0.39 is 0 Å². The lowest BCUT2D eigenvalue weighted by Crippen LogP contribution is -2.56. The van der Waals surface area contributed by atoms with Gasteiger partial charge in [-0.3, -0.25) is 10.00 Å². The molecule has 0 saturated carbocycles. The van der Waals surface area contributed by atoms with E-state index in [1.54, 1.807) is 6.20 Å². The molecule has 0 aliphatic carbocycles. The number of guanidine groups is 1. The maximum atomic E-state index is 5.43. The lowest BCUT2D eigenvalue weighted by atomic mass is 10.0. The maximum Gasteiger partial charge on any atom is 0.191 e. The van der Waals surface area contributed by atoms with E-state index in [4.69, 9.17) is 4.74 Å². The Bertz CT molecular complexity index is 457. The van der Waals surface area contributed by atoms with Gasteiger partial charge in [0.1, 0.15) is 0 Å². The molecule has 23 heavy (non-hydrogen) atoms. The molecule has 0 bridgehead atoms. The molecule has 0 aromatic carbocycles. The topological polar surface area (TPSA) is 77.6 Å². The fraction of sp³-hybridized carbons (Fsp3) is 0.733. The van der Waals surface area contributed by atoms with E-state index in [2.05, 4.69) is 51.5 Å². The van der Waals surface area contributed by atoms with Gasteiger partial charge in [0.15, 0.2) is 5.96 Å². The third-order valence-corrected chi connectivity index (χ3v) is 3.87. The molecule has 1 aliphatic rings. The smallest absolute Gasteiger partial charge is 0.191 e. The van der Waals surface area contributed by atoms with Crippen molar-refractivity contribution in [3.8, 4) is 0 Å². The van der Waals surface area contributed by atoms with Gasteiger partial charge in [0, 0.05) is 37.9 Å². The number of morpholine rings is 1. The molecular formula is C15H29IN6O. The van der Waals surface area contributed by atoms with Gasteiger partial charge in [-0.25, -0.2) is 4.99 Å². The number of aliphatic imine (C=N–C) groups is 1. The summed E-state index contributed by atoms with van der Waals surface area (Å²) in [6.07, 6.45) is 1.74. The summed E-state index contributed by atoms with van der Waals surface area (Å²) in [6, 6.07) is 1.94. The van der Waals surface area contributed by atoms with Gasteiger partial charge in [-0.15, -0.1) is 24.0 Å². The molecule has 0 atom stereocenters. The minimum Gasteiger partial charge on any atom is -0.379 e. The van der Waals surface area contributed by atoms with Crippen LogP contribution in [-0.4, -0.2) is 66.0 Å². The molecule has 1 fully saturated rings. The molecule has 0 unspecified atom stereocenters. The molecular weight excluding hydrogens is 407 g/mol. The number of aromatic amines is 1. The minimum absolute atomic E-state index is 0. The monoisotopic (exact) mass is 436 g/mol. The summed E-state index contributed by atoms with van der Waals surface area (Å²) in [4.78, 5) is 7.04. The van der Waals surface area contributed by atoms with Crippen LogP contribution in [0, 0.1) is 0 Å². The minimum atomic E-state index is 0. The number of halogens is 1. The predicted molar refractivity (Wildman–Crippen MR) is 103 cm³/mol. The maximum absolute atomic E-state index is 5.43. The molecule has 7 nitrogen and oxygen atoms in total. The van der Waals surface area contributed by atoms with Gasteiger partial charge in [0.05, 0.1) is 25.5 Å². The fourth-order valence-electron chi connectivity index (χ4n) is 2.46. The van der Waals surface area contributed by atoms with Crippen LogP contribution in [-0.2, 0) is 11.3 Å². The summed E-state index contributed by atoms with van der Waals surface area (Å²) in [5, 5.41) is 13.6. The number of H-pyrrole nitrogens is 1. The summed E-state index contributed by atoms with van der Waals surface area (Å²) in [6.45, 7) is 12.4. The van der Waals surface area contributed by atoms with Crippen LogP contribution in [0.5, 0.6) is 0 Å². The molecule has 132 valence electrons. The quantitative estimate of drug-likeness (QED) is 0.355. The lowest BCUT2D eigenvalue weighted by molar-refractivity contribution is -0.00834. The molecule has 0 spiro atoms. The van der Waals surface area contributed by atoms with E-state index in [1.165, 1.54) is 0 Å². The highest BCUT2D eigenvalue weighted by molar-refractivity contribution is 14.0. The summed E-state index contributed by atoms with van der Waals surface area (Å²) < 4.78 is 5.43. The van der Waals surface area contributed by atoms with Crippen LogP contribution >= 0.6 is 24.0 Å². The van der Waals surface area contributed by atoms with Gasteiger partial charge in [0.2, 0.25) is 0 Å². The summed E-state index contributed by atoms with van der Waals surface area (Å²) in [7, 11) is 0. The summed E-state index contributed by atoms with van der Waals surface area (Å²) >= 11 is 0. The molecule has 2 rings (SSSR count). The van der Waals surface area contributed by atoms with Gasteiger partial charge in [-0.2, -0.15) is 5.10 Å². The van der Waals surface area contributed by atoms with E-state index in [0.717, 1.165) is 51.0 Å². The highest BCUT2D eigenvalue weighted by Crippen LogP contribution is 2.14. The summed E-state index contributed by atoms with van der Waals surface area (Å²) in [5.74, 6) is 0.832. The first kappa shape index (κ1) is 20.2. The Hall–Kier alpha value is -0.870. The van der Waals surface area contributed by atoms with Crippen LogP contribution in [0.1, 0.15) is 26.5 Å². The van der Waals surface area contributed by atoms with Gasteiger partial charge in [0.25, 0.3) is 0 Å². The second-order valence-corrected chi connectivity index (χ2v) is 6.04. The van der Waals surface area contributed by atoms with E-state index >= 15 is 0 Å². The van der Waals surface area contributed by atoms with Crippen molar-refractivity contribution in [2.45, 2.75) is 32.9 Å². The zero-order chi connectivity index (χ0) is 15.8. The largest absolute Gasteiger partial charge is 0.379 e. The van der Waals surface area contributed by atoms with Crippen LogP contribution in [0.15, 0.2) is 17.3 Å². The number of hydrogen-bond donors (Lipinski definition) is 3. The Morgan fingerprint density at radius 3 is 2.74 bits per heavy atom. The van der Waals surface area contributed by atoms with Crippen LogP contribution in [0.25, 0.3) is 0 Å². The third kappa shape index (κ3) is 6.64. The van der Waals surface area contributed by atoms with E-state index in [-0.39, 0.29) is 29.5 Å². The van der Waals surface area contributed by atoms with Gasteiger partial charge < -0.3 is 15.4 Å². The molecule has 0 radical (unpaired) electrons. The second-order valence-electron chi connectivity index (χ2n) is 6.04. The van der Waals surface area contributed by atoms with Crippen molar-refractivity contribution in [2.75, 3.05) is 39.4 Å². The van der Waals surface area contributed by atoms with Crippen LogP contribution < -0.4 is 10.6 Å². The average molecular weight is 436 g/mol. The number of aromatic nitrogens is 2. The first-order valence-electron chi connectivity index (χ1n) is 7.95. The predicted octanol–water partition coefficient (Wildman–Crippen LogP) is 1.19. The van der Waals surface area contributed by atoms with Crippen LogP contribution in [0.4, 0.5) is 0 Å². The molecule has 1 aliphatic heterocycles. The molecule has 1 aromatic heterocycles.